The highest BCUT2D eigenvalue weighted by Crippen LogP contribution is 2.15. The lowest BCUT2D eigenvalue weighted by molar-refractivity contribution is -0.589. The zero-order valence-electron chi connectivity index (χ0n) is 16.9. The maximum Gasteiger partial charge on any atom is 0.316 e. The van der Waals surface area contributed by atoms with Crippen LogP contribution < -0.4 is 16.0 Å². The van der Waals surface area contributed by atoms with E-state index in [9.17, 15) is 9.59 Å². The Kier molecular flexibility index (Phi) is 9.61. The van der Waals surface area contributed by atoms with Gasteiger partial charge in [-0.3, -0.25) is 4.79 Å². The molecule has 0 radical (unpaired) electrons. The molecule has 2 amide bonds. The highest BCUT2D eigenvalue weighted by Gasteiger charge is 2.23. The number of pyridine rings is 1. The highest BCUT2D eigenvalue weighted by atomic mass is 35.5. The minimum Gasteiger partial charge on any atom is -0.434 e. The largest absolute Gasteiger partial charge is 0.434 e. The van der Waals surface area contributed by atoms with E-state index in [2.05, 4.69) is 15.6 Å². The molecule has 1 aromatic heterocycles. The molecule has 2 heterocycles. The first-order valence-electron chi connectivity index (χ1n) is 9.41. The van der Waals surface area contributed by atoms with Crippen LogP contribution >= 0.6 is 24.8 Å². The van der Waals surface area contributed by atoms with Crippen molar-refractivity contribution in [3.8, 4) is 0 Å². The third kappa shape index (κ3) is 6.51. The minimum atomic E-state index is -0.326. The summed E-state index contributed by atoms with van der Waals surface area (Å²) < 4.78 is 0. The van der Waals surface area contributed by atoms with E-state index in [4.69, 9.17) is 0 Å². The van der Waals surface area contributed by atoms with Crippen molar-refractivity contribution in [3.63, 3.8) is 0 Å². The summed E-state index contributed by atoms with van der Waals surface area (Å²) in [6, 6.07) is 20.6. The van der Waals surface area contributed by atoms with E-state index in [-0.39, 0.29) is 36.6 Å². The first-order chi connectivity index (χ1) is 14.7. The Hall–Kier alpha value is -2.97. The number of halogens is 2. The quantitative estimate of drug-likeness (QED) is 0.215. The van der Waals surface area contributed by atoms with Crippen LogP contribution in [0.1, 0.15) is 21.5 Å². The number of anilines is 1. The van der Waals surface area contributed by atoms with E-state index >= 15 is 0 Å². The van der Waals surface area contributed by atoms with Gasteiger partial charge in [-0.15, -0.1) is 30.9 Å². The van der Waals surface area contributed by atoms with Crippen molar-refractivity contribution < 1.29 is 14.9 Å². The third-order valence-electron chi connectivity index (χ3n) is 4.47. The lowest BCUT2D eigenvalue weighted by Crippen LogP contribution is -2.86. The number of carbonyl (C=O) groups is 2. The van der Waals surface area contributed by atoms with Crippen LogP contribution in [0.15, 0.2) is 79.1 Å². The summed E-state index contributed by atoms with van der Waals surface area (Å²) >= 11 is 1.61. The van der Waals surface area contributed by atoms with Gasteiger partial charge in [0, 0.05) is 16.8 Å². The number of nitrogens with zero attached hydrogens (tertiary/aromatic N) is 1. The van der Waals surface area contributed by atoms with Gasteiger partial charge in [-0.25, -0.2) is 4.79 Å². The van der Waals surface area contributed by atoms with Crippen LogP contribution in [0.5, 0.6) is 0 Å². The van der Waals surface area contributed by atoms with Crippen LogP contribution in [0, 0.1) is 11.4 Å². The van der Waals surface area contributed by atoms with Crippen molar-refractivity contribution in [3.05, 3.63) is 107 Å². The van der Waals surface area contributed by atoms with Gasteiger partial charge in [0.1, 0.15) is 0 Å². The van der Waals surface area contributed by atoms with Gasteiger partial charge in [0.15, 0.2) is 17.1 Å². The van der Waals surface area contributed by atoms with Crippen LogP contribution in [-0.4, -0.2) is 28.7 Å². The first kappa shape index (κ1) is 25.3. The molecule has 1 aliphatic heterocycles. The Morgan fingerprint density at radius 1 is 0.969 bits per heavy atom. The summed E-state index contributed by atoms with van der Waals surface area (Å²) in [5.74, 6) is -0.0825. The molecule has 0 fully saturated rings. The van der Waals surface area contributed by atoms with Gasteiger partial charge in [-0.05, 0) is 30.9 Å². The molecular weight excluding hydrogens is 467 g/mol. The van der Waals surface area contributed by atoms with Crippen molar-refractivity contribution >= 4 is 59.0 Å². The van der Waals surface area contributed by atoms with Gasteiger partial charge in [0.25, 0.3) is 5.37 Å². The minimum absolute atomic E-state index is 0. The average molecular weight is 489 g/mol. The van der Waals surface area contributed by atoms with Crippen molar-refractivity contribution in [1.29, 1.82) is 0 Å². The number of carbonyl (C=O) groups excluding carboxylic acids is 2. The maximum absolute atomic E-state index is 12.6. The fraction of sp³-hybridized carbons (Fsp3) is 0.0435. The number of benzene rings is 2. The molecule has 4 N–H and O–H groups in total. The molecule has 6 nitrogen and oxygen atoms in total. The summed E-state index contributed by atoms with van der Waals surface area (Å²) in [4.78, 5) is 29.0. The molecule has 32 heavy (non-hydrogen) atoms. The smallest absolute Gasteiger partial charge is 0.316 e. The lowest BCUT2D eigenvalue weighted by atomic mass is 10.0. The van der Waals surface area contributed by atoms with Gasteiger partial charge < -0.3 is 20.9 Å². The molecule has 9 heteroatoms. The van der Waals surface area contributed by atoms with Crippen molar-refractivity contribution in [2.75, 3.05) is 11.9 Å². The number of hydrogen-bond acceptors (Lipinski definition) is 3. The van der Waals surface area contributed by atoms with Crippen LogP contribution in [0.2, 0.25) is 0 Å². The zero-order valence-corrected chi connectivity index (χ0v) is 19.3. The number of quaternary nitrogens is 1. The van der Waals surface area contributed by atoms with Gasteiger partial charge in [-0.2, -0.15) is 0 Å². The lowest BCUT2D eigenvalue weighted by Gasteiger charge is -2.18. The Bertz CT molecular complexity index is 1070. The van der Waals surface area contributed by atoms with E-state index in [1.165, 1.54) is 0 Å². The molecule has 166 valence electrons. The number of nitrogens with one attached hydrogen (secondary N) is 2. The number of ketones is 1. The Morgan fingerprint density at radius 2 is 1.75 bits per heavy atom. The standard InChI is InChI=1S/C23H20N4O2S.2ClH/c28-21(16-6-2-1-3-7-16)17-8-4-10-19(12-17)27-23(29)25-14-20-15-30-22(26-20)18-9-5-11-24-13-18;;/h1-13,15H,14,26H2,(H2,25,27,29);2*1H. The predicted octanol–water partition coefficient (Wildman–Crippen LogP) is 2.81. The van der Waals surface area contributed by atoms with E-state index < -0.39 is 0 Å². The van der Waals surface area contributed by atoms with Gasteiger partial charge in [0.05, 0.1) is 5.37 Å². The molecule has 0 unspecified atom stereocenters. The summed E-state index contributed by atoms with van der Waals surface area (Å²) in [5.41, 5.74) is 2.76. The Balaban J connectivity index is 0.00000181. The van der Waals surface area contributed by atoms with Crippen LogP contribution in [0.25, 0.3) is 0 Å². The first-order valence-corrected chi connectivity index (χ1v) is 10.3. The molecule has 2 aromatic carbocycles. The zero-order chi connectivity index (χ0) is 20.8. The fourth-order valence-corrected chi connectivity index (χ4v) is 3.89. The Morgan fingerprint density at radius 3 is 2.50 bits per heavy atom. The van der Waals surface area contributed by atoms with Gasteiger partial charge in [-0.1, -0.05) is 60.3 Å². The second-order valence-electron chi connectivity index (χ2n) is 6.64. The number of aromatic nitrogens is 1. The van der Waals surface area contributed by atoms with Crippen molar-refractivity contribution in [1.82, 2.24) is 10.3 Å². The van der Waals surface area contributed by atoms with E-state index in [1.54, 1.807) is 53.9 Å². The molecule has 1 aliphatic rings. The summed E-state index contributed by atoms with van der Waals surface area (Å²) in [6.07, 6.45) is 3.56. The molecule has 4 rings (SSSR count). The van der Waals surface area contributed by atoms with E-state index in [0.717, 1.165) is 17.0 Å². The maximum atomic E-state index is 12.6. The monoisotopic (exact) mass is 488 g/mol. The molecule has 0 aliphatic carbocycles. The van der Waals surface area contributed by atoms with Crippen molar-refractivity contribution in [2.24, 2.45) is 0 Å². The second-order valence-corrected chi connectivity index (χ2v) is 7.56. The molecule has 0 atom stereocenters. The molecule has 3 aromatic rings. The summed E-state index contributed by atoms with van der Waals surface area (Å²) in [6.45, 7) is 0.408. The number of amides is 2. The van der Waals surface area contributed by atoms with Gasteiger partial charge in [0.2, 0.25) is 0 Å². The molecule has 0 saturated heterocycles. The van der Waals surface area contributed by atoms with Crippen LogP contribution in [0.4, 0.5) is 10.5 Å². The topological polar surface area (TPSA) is 87.7 Å². The third-order valence-corrected chi connectivity index (χ3v) is 5.50. The van der Waals surface area contributed by atoms with E-state index in [0.29, 0.717) is 23.4 Å². The van der Waals surface area contributed by atoms with Gasteiger partial charge >= 0.3 is 6.03 Å². The number of hydrogen-bond donors (Lipinski definition) is 3. The predicted molar refractivity (Wildman–Crippen MR) is 133 cm³/mol. The SMILES string of the molecule is Cl.Cl.O=C(NC[C-]1C=[S+][C-](c2cccnc2)[NH2+]1)Nc1cccc(C(=O)c2ccccc2)c1. The average Bonchev–Trinajstić information content (AvgIpc) is 3.28. The van der Waals surface area contributed by atoms with Crippen LogP contribution in [-0.2, 0) is 11.4 Å². The second kappa shape index (κ2) is 12.2. The normalized spacial score (nSPS) is 12.4. The molecule has 0 bridgehead atoms. The fourth-order valence-electron chi connectivity index (χ4n) is 2.98. The Labute approximate surface area is 203 Å². The summed E-state index contributed by atoms with van der Waals surface area (Å²) in [5, 5.41) is 10.8. The van der Waals surface area contributed by atoms with E-state index in [1.807, 2.05) is 47.2 Å². The van der Waals surface area contributed by atoms with Crippen LogP contribution in [0.3, 0.4) is 0 Å². The van der Waals surface area contributed by atoms with Crippen molar-refractivity contribution in [2.45, 2.75) is 0 Å². The summed E-state index contributed by atoms with van der Waals surface area (Å²) in [7, 11) is 0. The number of rotatable bonds is 6. The molecule has 0 spiro atoms. The number of nitrogens with two attached hydrogens (primary N) is 1. The number of urea groups is 1. The highest BCUT2D eigenvalue weighted by molar-refractivity contribution is 7.80. The molecule has 0 saturated carbocycles. The molecular formula is C23H22Cl2N4O2S.